The highest BCUT2D eigenvalue weighted by molar-refractivity contribution is 7.89. The van der Waals surface area contributed by atoms with Crippen LogP contribution in [0.1, 0.15) is 42.1 Å². The minimum absolute atomic E-state index is 0.121. The first-order chi connectivity index (χ1) is 16.7. The Balaban J connectivity index is 1.46. The highest BCUT2D eigenvalue weighted by atomic mass is 32.2. The number of carbonyl (C=O) groups excluding carboxylic acids is 3. The van der Waals surface area contributed by atoms with Crippen LogP contribution in [0.25, 0.3) is 0 Å². The van der Waals surface area contributed by atoms with Gasteiger partial charge in [0.15, 0.2) is 5.78 Å². The Bertz CT molecular complexity index is 1240. The molecule has 2 heterocycles. The normalized spacial score (nSPS) is 21.1. The molecule has 0 saturated carbocycles. The highest BCUT2D eigenvalue weighted by Crippen LogP contribution is 2.28. The molecule has 2 fully saturated rings. The first-order valence-electron chi connectivity index (χ1n) is 11.6. The summed E-state index contributed by atoms with van der Waals surface area (Å²) in [5.41, 5.74) is -0.246. The zero-order valence-electron chi connectivity index (χ0n) is 19.8. The fourth-order valence-electron chi connectivity index (χ4n) is 4.54. The molecule has 2 aliphatic heterocycles. The van der Waals surface area contributed by atoms with Crippen molar-refractivity contribution in [2.75, 3.05) is 26.7 Å². The molecule has 0 aliphatic carbocycles. The van der Waals surface area contributed by atoms with Crippen LogP contribution in [-0.4, -0.2) is 67.6 Å². The van der Waals surface area contributed by atoms with Crippen molar-refractivity contribution >= 4 is 27.7 Å². The average molecular weight is 500 g/mol. The van der Waals surface area contributed by atoms with Gasteiger partial charge in [0, 0.05) is 25.1 Å². The number of rotatable bonds is 8. The third kappa shape index (κ3) is 4.94. The second-order valence-electron chi connectivity index (χ2n) is 9.05. The number of nitrogens with one attached hydrogen (secondary N) is 1. The largest absolute Gasteiger partial charge is 0.496 e. The molecule has 2 aromatic carbocycles. The molecule has 1 N–H and O–H groups in total. The fraction of sp³-hybridized carbons (Fsp3) is 0.400. The number of Topliss-reactive ketones (excluding diaryl/α,β-unsaturated/α-hetero) is 1. The van der Waals surface area contributed by atoms with Gasteiger partial charge in [-0.3, -0.25) is 14.5 Å². The molecule has 186 valence electrons. The second-order valence-corrected chi connectivity index (χ2v) is 11.0. The molecule has 1 atom stereocenters. The van der Waals surface area contributed by atoms with E-state index < -0.39 is 39.8 Å². The van der Waals surface area contributed by atoms with Gasteiger partial charge in [0.1, 0.15) is 11.3 Å². The average Bonchev–Trinajstić information content (AvgIpc) is 3.07. The fourth-order valence-corrected chi connectivity index (χ4v) is 6.06. The number of ketones is 1. The maximum atomic E-state index is 13.1. The van der Waals surface area contributed by atoms with Crippen LogP contribution < -0.4 is 10.1 Å². The van der Waals surface area contributed by atoms with E-state index in [0.29, 0.717) is 18.8 Å². The number of hydrogen-bond acceptors (Lipinski definition) is 6. The number of piperidine rings is 1. The van der Waals surface area contributed by atoms with Gasteiger partial charge in [-0.05, 0) is 55.7 Å². The first-order valence-corrected chi connectivity index (χ1v) is 13.0. The molecule has 9 nitrogen and oxygen atoms in total. The highest BCUT2D eigenvalue weighted by Gasteiger charge is 2.48. The van der Waals surface area contributed by atoms with Crippen LogP contribution in [0.2, 0.25) is 0 Å². The van der Waals surface area contributed by atoms with Gasteiger partial charge in [-0.25, -0.2) is 13.2 Å². The number of sulfonamides is 1. The van der Waals surface area contributed by atoms with Crippen molar-refractivity contribution in [2.24, 2.45) is 0 Å². The Morgan fingerprint density at radius 2 is 1.69 bits per heavy atom. The third-order valence-electron chi connectivity index (χ3n) is 6.51. The lowest BCUT2D eigenvalue weighted by Crippen LogP contribution is -2.46. The number of para-hydroxylation sites is 1. The van der Waals surface area contributed by atoms with Crippen LogP contribution in [0.15, 0.2) is 53.4 Å². The van der Waals surface area contributed by atoms with Gasteiger partial charge in [0.25, 0.3) is 5.91 Å². The lowest BCUT2D eigenvalue weighted by Gasteiger charge is -2.25. The van der Waals surface area contributed by atoms with E-state index in [4.69, 9.17) is 4.74 Å². The summed E-state index contributed by atoms with van der Waals surface area (Å²) in [6, 6.07) is 12.2. The molecule has 3 amide bonds. The number of nitrogens with zero attached hydrogens (tertiary/aromatic N) is 2. The number of benzene rings is 2. The van der Waals surface area contributed by atoms with E-state index in [1.807, 2.05) is 18.2 Å². The van der Waals surface area contributed by atoms with Gasteiger partial charge >= 0.3 is 6.03 Å². The van der Waals surface area contributed by atoms with E-state index in [2.05, 4.69) is 5.32 Å². The summed E-state index contributed by atoms with van der Waals surface area (Å²) in [5, 5.41) is 2.70. The molecule has 2 saturated heterocycles. The lowest BCUT2D eigenvalue weighted by molar-refractivity contribution is -0.130. The molecule has 35 heavy (non-hydrogen) atoms. The predicted octanol–water partition coefficient (Wildman–Crippen LogP) is 2.61. The van der Waals surface area contributed by atoms with Crippen molar-refractivity contribution in [3.63, 3.8) is 0 Å². The summed E-state index contributed by atoms with van der Waals surface area (Å²) in [4.78, 5) is 39.6. The number of carbonyl (C=O) groups is 3. The van der Waals surface area contributed by atoms with E-state index in [1.54, 1.807) is 13.0 Å². The number of amides is 3. The Labute approximate surface area is 205 Å². The molecule has 0 aromatic heterocycles. The molecule has 0 spiro atoms. The summed E-state index contributed by atoms with van der Waals surface area (Å²) in [6.07, 6.45) is 2.88. The Hall–Kier alpha value is -3.24. The van der Waals surface area contributed by atoms with E-state index in [0.717, 1.165) is 29.7 Å². The summed E-state index contributed by atoms with van der Waals surface area (Å²) >= 11 is 0. The minimum atomic E-state index is -3.61. The van der Waals surface area contributed by atoms with Crippen LogP contribution in [0, 0.1) is 0 Å². The number of ether oxygens (including phenoxy) is 1. The van der Waals surface area contributed by atoms with Crippen LogP contribution in [0.3, 0.4) is 0 Å². The summed E-state index contributed by atoms with van der Waals surface area (Å²) in [7, 11) is -2.08. The van der Waals surface area contributed by atoms with Gasteiger partial charge in [0.05, 0.1) is 18.6 Å². The molecule has 2 aliphatic rings. The van der Waals surface area contributed by atoms with E-state index in [-0.39, 0.29) is 16.9 Å². The molecular weight excluding hydrogens is 470 g/mol. The van der Waals surface area contributed by atoms with Gasteiger partial charge in [-0.2, -0.15) is 4.31 Å². The monoisotopic (exact) mass is 499 g/mol. The zero-order valence-corrected chi connectivity index (χ0v) is 20.6. The maximum absolute atomic E-state index is 13.1. The third-order valence-corrected chi connectivity index (χ3v) is 8.43. The zero-order chi connectivity index (χ0) is 25.2. The SMILES string of the molecule is COc1ccccc1CC1(C)NC(=O)N(CC(=O)c2ccc(S(=O)(=O)N3CCCCC3)cc2)C1=O. The van der Waals surface area contributed by atoms with Crippen LogP contribution in [-0.2, 0) is 21.2 Å². The Morgan fingerprint density at radius 1 is 1.03 bits per heavy atom. The Kier molecular flexibility index (Phi) is 6.95. The first kappa shape index (κ1) is 24.9. The van der Waals surface area contributed by atoms with Crippen molar-refractivity contribution in [1.29, 1.82) is 0 Å². The number of imide groups is 1. The molecule has 1 unspecified atom stereocenters. The van der Waals surface area contributed by atoms with Crippen molar-refractivity contribution in [1.82, 2.24) is 14.5 Å². The van der Waals surface area contributed by atoms with Crippen molar-refractivity contribution in [3.8, 4) is 5.75 Å². The van der Waals surface area contributed by atoms with Gasteiger partial charge in [-0.15, -0.1) is 0 Å². The number of urea groups is 1. The van der Waals surface area contributed by atoms with Crippen LogP contribution in [0.5, 0.6) is 5.75 Å². The quantitative estimate of drug-likeness (QED) is 0.441. The van der Waals surface area contributed by atoms with Gasteiger partial charge in [-0.1, -0.05) is 24.6 Å². The maximum Gasteiger partial charge on any atom is 0.325 e. The second kappa shape index (κ2) is 9.79. The molecular formula is C25H29N3O6S. The molecule has 0 radical (unpaired) electrons. The number of methoxy groups -OCH3 is 1. The van der Waals surface area contributed by atoms with E-state index >= 15 is 0 Å². The molecule has 4 rings (SSSR count). The number of hydrogen-bond donors (Lipinski definition) is 1. The van der Waals surface area contributed by atoms with Gasteiger partial charge < -0.3 is 10.1 Å². The molecule has 10 heteroatoms. The van der Waals surface area contributed by atoms with Crippen molar-refractivity contribution < 1.29 is 27.5 Å². The van der Waals surface area contributed by atoms with E-state index in [9.17, 15) is 22.8 Å². The summed E-state index contributed by atoms with van der Waals surface area (Å²) in [6.45, 7) is 2.15. The van der Waals surface area contributed by atoms with Crippen molar-refractivity contribution in [3.05, 3.63) is 59.7 Å². The molecule has 0 bridgehead atoms. The van der Waals surface area contributed by atoms with Crippen molar-refractivity contribution in [2.45, 2.75) is 43.0 Å². The standard InChI is InChI=1S/C25H29N3O6S/c1-25(16-19-8-4-5-9-22(19)34-2)23(30)28(24(31)26-25)17-21(29)18-10-12-20(13-11-18)35(32,33)27-14-6-3-7-15-27/h4-5,8-13H,3,6-7,14-17H2,1-2H3,(H,26,31). The Morgan fingerprint density at radius 3 is 2.34 bits per heavy atom. The smallest absolute Gasteiger partial charge is 0.325 e. The summed E-state index contributed by atoms with van der Waals surface area (Å²) in [5.74, 6) is -0.368. The van der Waals surface area contributed by atoms with E-state index in [1.165, 1.54) is 35.7 Å². The molecule has 2 aromatic rings. The predicted molar refractivity (Wildman–Crippen MR) is 129 cm³/mol. The van der Waals surface area contributed by atoms with Crippen LogP contribution >= 0.6 is 0 Å². The topological polar surface area (TPSA) is 113 Å². The van der Waals surface area contributed by atoms with Crippen LogP contribution in [0.4, 0.5) is 4.79 Å². The summed E-state index contributed by atoms with van der Waals surface area (Å²) < 4.78 is 32.5. The van der Waals surface area contributed by atoms with Gasteiger partial charge in [0.2, 0.25) is 10.0 Å². The lowest BCUT2D eigenvalue weighted by atomic mass is 9.92. The minimum Gasteiger partial charge on any atom is -0.496 e.